The van der Waals surface area contributed by atoms with Crippen LogP contribution in [-0.2, 0) is 27.9 Å². The fourth-order valence-corrected chi connectivity index (χ4v) is 8.64. The molecule has 10 heteroatoms. The SMILES string of the molecule is CC/C=C\C/C=C\C/C=C\C/C=C\C/C=C\CCCCCCCC(=O)OC(/C=C/CCCCCCCCCCC)C(COP(=O)([O-])OCC[N+](C)(C)C)NC(=O)CCCCCCCC/C=C/C/C=C/C/C=C/CC. The van der Waals surface area contributed by atoms with Crippen LogP contribution in [-0.4, -0.2) is 69.4 Å². The average Bonchev–Trinajstić information content (AvgIpc) is 3.36. The molecule has 0 saturated heterocycles. The first-order chi connectivity index (χ1) is 35.9. The number of unbranched alkanes of at least 4 members (excludes halogenated alkanes) is 20. The molecule has 0 saturated carbocycles. The van der Waals surface area contributed by atoms with E-state index in [1.165, 1.54) is 44.9 Å². The zero-order valence-electron chi connectivity index (χ0n) is 48.3. The normalized spacial score (nSPS) is 14.5. The number of nitrogens with one attached hydrogen (secondary N) is 1. The average molecular weight is 1050 g/mol. The van der Waals surface area contributed by atoms with Crippen molar-refractivity contribution in [2.45, 2.75) is 245 Å². The van der Waals surface area contributed by atoms with Crippen molar-refractivity contribution in [3.8, 4) is 0 Å². The topological polar surface area (TPSA) is 114 Å². The second-order valence-corrected chi connectivity index (χ2v) is 22.1. The van der Waals surface area contributed by atoms with Crippen LogP contribution in [0.3, 0.4) is 0 Å². The first-order valence-electron chi connectivity index (χ1n) is 29.7. The van der Waals surface area contributed by atoms with Crippen LogP contribution in [0.25, 0.3) is 0 Å². The monoisotopic (exact) mass is 1050 g/mol. The van der Waals surface area contributed by atoms with E-state index in [4.69, 9.17) is 13.8 Å². The number of phosphoric ester groups is 1. The summed E-state index contributed by atoms with van der Waals surface area (Å²) in [5.41, 5.74) is 0. The van der Waals surface area contributed by atoms with Gasteiger partial charge in [0.2, 0.25) is 5.91 Å². The molecule has 0 aliphatic carbocycles. The molecule has 0 radical (unpaired) electrons. The molecule has 0 aliphatic heterocycles. The molecule has 0 aliphatic rings. The van der Waals surface area contributed by atoms with Crippen molar-refractivity contribution in [1.82, 2.24) is 5.32 Å². The molecule has 74 heavy (non-hydrogen) atoms. The molecule has 3 atom stereocenters. The maximum atomic E-state index is 13.5. The quantitative estimate of drug-likeness (QED) is 0.0212. The van der Waals surface area contributed by atoms with Gasteiger partial charge in [-0.15, -0.1) is 0 Å². The molecule has 1 N–H and O–H groups in total. The number of carbonyl (C=O) groups is 2. The van der Waals surface area contributed by atoms with E-state index < -0.39 is 26.6 Å². The molecule has 0 aromatic heterocycles. The third-order valence-corrected chi connectivity index (χ3v) is 13.4. The number of ether oxygens (including phenoxy) is 1. The number of phosphoric acid groups is 1. The maximum absolute atomic E-state index is 13.5. The lowest BCUT2D eigenvalue weighted by Crippen LogP contribution is -2.47. The van der Waals surface area contributed by atoms with Gasteiger partial charge in [0.15, 0.2) is 0 Å². The van der Waals surface area contributed by atoms with Gasteiger partial charge in [0.25, 0.3) is 7.82 Å². The Bertz CT molecular complexity index is 1640. The zero-order chi connectivity index (χ0) is 54.3. The number of amides is 1. The number of rotatable bonds is 52. The van der Waals surface area contributed by atoms with E-state index in [1.54, 1.807) is 0 Å². The first-order valence-corrected chi connectivity index (χ1v) is 31.2. The highest BCUT2D eigenvalue weighted by Gasteiger charge is 2.27. The zero-order valence-corrected chi connectivity index (χ0v) is 49.1. The molecular formula is C64H111N2O7P. The summed E-state index contributed by atoms with van der Waals surface area (Å²) in [7, 11) is 1.15. The number of hydrogen-bond acceptors (Lipinski definition) is 7. The van der Waals surface area contributed by atoms with Crippen molar-refractivity contribution in [3.05, 3.63) is 109 Å². The molecule has 0 bridgehead atoms. The van der Waals surface area contributed by atoms with Gasteiger partial charge in [0.1, 0.15) is 19.3 Å². The van der Waals surface area contributed by atoms with Gasteiger partial charge >= 0.3 is 5.97 Å². The predicted molar refractivity (Wildman–Crippen MR) is 316 cm³/mol. The number of quaternary nitrogens is 1. The summed E-state index contributed by atoms with van der Waals surface area (Å²) >= 11 is 0. The number of carbonyl (C=O) groups excluding carboxylic acids is 2. The lowest BCUT2D eigenvalue weighted by molar-refractivity contribution is -0.870. The summed E-state index contributed by atoms with van der Waals surface area (Å²) in [5.74, 6) is -0.586. The van der Waals surface area contributed by atoms with Crippen LogP contribution in [0, 0.1) is 0 Å². The minimum Gasteiger partial charge on any atom is -0.756 e. The second kappa shape index (κ2) is 53.1. The van der Waals surface area contributed by atoms with Crippen LogP contribution in [0.2, 0.25) is 0 Å². The standard InChI is InChI=1S/C64H111N2O7P/c1-7-10-13-16-19-22-25-27-29-31-32-33-34-35-37-39-42-45-48-51-54-57-64(68)73-62(55-52-49-46-43-40-24-21-18-15-12-9-3)61(60-72-74(69,70)71-59-58-66(4,5)6)65-63(67)56-53-50-47-44-41-38-36-30-28-26-23-20-17-14-11-8-2/h10-11,13-14,19-20,22-23,27-30,32-33,35,37,52,55,61-62H,7-9,12,15-18,21,24-26,31,34,36,38-51,53-54,56-60H2,1-6H3,(H-,65,67,69,70)/b13-10-,14-11+,22-19-,23-20+,29-27-,30-28+,33-32-,37-35-,55-52+. The van der Waals surface area contributed by atoms with E-state index in [0.29, 0.717) is 30.3 Å². The highest BCUT2D eigenvalue weighted by Crippen LogP contribution is 2.38. The lowest BCUT2D eigenvalue weighted by Gasteiger charge is -2.30. The number of allylic oxidation sites excluding steroid dienone is 17. The van der Waals surface area contributed by atoms with E-state index in [0.717, 1.165) is 141 Å². The van der Waals surface area contributed by atoms with Gasteiger partial charge in [-0.1, -0.05) is 220 Å². The Morgan fingerprint density at radius 2 is 0.865 bits per heavy atom. The Labute approximate surface area is 455 Å². The number of hydrogen-bond donors (Lipinski definition) is 1. The van der Waals surface area contributed by atoms with E-state index >= 15 is 0 Å². The molecule has 1 amide bonds. The Morgan fingerprint density at radius 3 is 1.30 bits per heavy atom. The summed E-state index contributed by atoms with van der Waals surface area (Å²) < 4.78 is 30.2. The summed E-state index contributed by atoms with van der Waals surface area (Å²) in [4.78, 5) is 39.9. The molecule has 9 nitrogen and oxygen atoms in total. The van der Waals surface area contributed by atoms with Crippen molar-refractivity contribution in [1.29, 1.82) is 0 Å². The van der Waals surface area contributed by atoms with Crippen LogP contribution in [0.5, 0.6) is 0 Å². The first kappa shape index (κ1) is 70.7. The van der Waals surface area contributed by atoms with Crippen LogP contribution in [0.1, 0.15) is 233 Å². The Morgan fingerprint density at radius 1 is 0.486 bits per heavy atom. The van der Waals surface area contributed by atoms with E-state index in [9.17, 15) is 19.0 Å². The van der Waals surface area contributed by atoms with Gasteiger partial charge in [0, 0.05) is 12.8 Å². The van der Waals surface area contributed by atoms with Gasteiger partial charge in [-0.3, -0.25) is 14.2 Å². The third kappa shape index (κ3) is 53.5. The number of likely N-dealkylation sites (N-methyl/N-ethyl adjacent to an activating group) is 1. The maximum Gasteiger partial charge on any atom is 0.306 e. The van der Waals surface area contributed by atoms with Crippen molar-refractivity contribution < 1.29 is 37.3 Å². The van der Waals surface area contributed by atoms with Crippen molar-refractivity contribution >= 4 is 19.7 Å². The van der Waals surface area contributed by atoms with E-state index in [2.05, 4.69) is 123 Å². The third-order valence-electron chi connectivity index (χ3n) is 12.4. The second-order valence-electron chi connectivity index (χ2n) is 20.7. The summed E-state index contributed by atoms with van der Waals surface area (Å²) in [6, 6.07) is -0.910. The fourth-order valence-electron chi connectivity index (χ4n) is 7.91. The van der Waals surface area contributed by atoms with Crippen molar-refractivity contribution in [2.75, 3.05) is 40.9 Å². The Hall–Kier alpha value is -3.33. The summed E-state index contributed by atoms with van der Waals surface area (Å²) in [5, 5.41) is 3.01. The largest absolute Gasteiger partial charge is 0.756 e. The summed E-state index contributed by atoms with van der Waals surface area (Å²) in [6.45, 7) is 6.57. The highest BCUT2D eigenvalue weighted by molar-refractivity contribution is 7.45. The van der Waals surface area contributed by atoms with Crippen molar-refractivity contribution in [2.24, 2.45) is 0 Å². The summed E-state index contributed by atoms with van der Waals surface area (Å²) in [6.07, 6.45) is 71.9. The van der Waals surface area contributed by atoms with Gasteiger partial charge in [-0.2, -0.15) is 0 Å². The van der Waals surface area contributed by atoms with Gasteiger partial charge in [-0.25, -0.2) is 0 Å². The van der Waals surface area contributed by atoms with Gasteiger partial charge in [-0.05, 0) is 109 Å². The predicted octanol–water partition coefficient (Wildman–Crippen LogP) is 17.5. The minimum atomic E-state index is -4.71. The highest BCUT2D eigenvalue weighted by atomic mass is 31.2. The Balaban J connectivity index is 5.32. The smallest absolute Gasteiger partial charge is 0.306 e. The lowest BCUT2D eigenvalue weighted by atomic mass is 10.1. The minimum absolute atomic E-state index is 0.0343. The molecule has 0 aromatic rings. The van der Waals surface area contributed by atoms with Gasteiger partial charge < -0.3 is 28.5 Å². The molecule has 0 heterocycles. The van der Waals surface area contributed by atoms with Crippen LogP contribution in [0.15, 0.2) is 109 Å². The molecule has 0 rings (SSSR count). The molecule has 3 unspecified atom stereocenters. The van der Waals surface area contributed by atoms with Crippen molar-refractivity contribution in [3.63, 3.8) is 0 Å². The van der Waals surface area contributed by atoms with Crippen LogP contribution in [0.4, 0.5) is 0 Å². The van der Waals surface area contributed by atoms with Gasteiger partial charge in [0.05, 0.1) is 33.8 Å². The van der Waals surface area contributed by atoms with E-state index in [1.807, 2.05) is 33.3 Å². The number of esters is 1. The molecule has 0 aromatic carbocycles. The molecule has 424 valence electrons. The Kier molecular flexibility index (Phi) is 50.7. The van der Waals surface area contributed by atoms with Crippen LogP contribution < -0.4 is 10.2 Å². The van der Waals surface area contributed by atoms with E-state index in [-0.39, 0.29) is 24.9 Å². The molecular weight excluding hydrogens is 940 g/mol. The fraction of sp³-hybridized carbons (Fsp3) is 0.688. The van der Waals surface area contributed by atoms with Crippen LogP contribution >= 0.6 is 7.82 Å². The molecule has 0 spiro atoms. The number of nitrogens with zero attached hydrogens (tertiary/aromatic N) is 1. The molecule has 0 fully saturated rings.